The van der Waals surface area contributed by atoms with E-state index in [2.05, 4.69) is 6.07 Å². The second-order valence-corrected chi connectivity index (χ2v) is 5.69. The molecule has 3 heteroatoms. The molecule has 1 unspecified atom stereocenters. The van der Waals surface area contributed by atoms with Gasteiger partial charge in [-0.3, -0.25) is 4.79 Å². The Morgan fingerprint density at radius 1 is 1.14 bits per heavy atom. The van der Waals surface area contributed by atoms with Crippen LogP contribution in [0.5, 0.6) is 0 Å². The number of rotatable bonds is 3. The van der Waals surface area contributed by atoms with E-state index in [1.165, 1.54) is 0 Å². The smallest absolute Gasteiger partial charge is 0.184 e. The van der Waals surface area contributed by atoms with Gasteiger partial charge in [-0.15, -0.1) is 0 Å². The lowest BCUT2D eigenvalue weighted by Crippen LogP contribution is -2.14. The summed E-state index contributed by atoms with van der Waals surface area (Å²) in [7, 11) is 0. The summed E-state index contributed by atoms with van der Waals surface area (Å²) in [6, 6.07) is 13.0. The summed E-state index contributed by atoms with van der Waals surface area (Å²) in [5, 5.41) is 9.95. The van der Waals surface area contributed by atoms with E-state index in [0.717, 1.165) is 16.7 Å². The molecule has 0 fully saturated rings. The summed E-state index contributed by atoms with van der Waals surface area (Å²) in [6.45, 7) is 5.80. The predicted octanol–water partition coefficient (Wildman–Crippen LogP) is 4.76. The lowest BCUT2D eigenvalue weighted by molar-refractivity contribution is 0.0977. The molecule has 0 N–H and O–H groups in total. The molecule has 21 heavy (non-hydrogen) atoms. The largest absolute Gasteiger partial charge is 0.292 e. The molecule has 2 aromatic carbocycles. The number of carbonyl (C=O) groups is 1. The zero-order valence-corrected chi connectivity index (χ0v) is 13.0. The summed E-state index contributed by atoms with van der Waals surface area (Å²) in [4.78, 5) is 12.8. The Kier molecular flexibility index (Phi) is 4.45. The third kappa shape index (κ3) is 3.15. The van der Waals surface area contributed by atoms with Crippen molar-refractivity contribution in [2.24, 2.45) is 0 Å². The molecular weight excluding hydrogens is 282 g/mol. The number of benzene rings is 2. The van der Waals surface area contributed by atoms with Gasteiger partial charge in [0.05, 0.1) is 6.07 Å². The highest BCUT2D eigenvalue weighted by atomic mass is 35.5. The van der Waals surface area contributed by atoms with E-state index in [-0.39, 0.29) is 5.78 Å². The molecule has 2 rings (SSSR count). The van der Waals surface area contributed by atoms with Gasteiger partial charge in [-0.1, -0.05) is 41.4 Å². The van der Waals surface area contributed by atoms with Crippen LogP contribution >= 0.6 is 11.6 Å². The van der Waals surface area contributed by atoms with Crippen LogP contribution in [-0.2, 0) is 0 Å². The summed E-state index contributed by atoms with van der Waals surface area (Å²) >= 11 is 5.96. The fraction of sp³-hybridized carbons (Fsp3) is 0.222. The van der Waals surface area contributed by atoms with Gasteiger partial charge in [0.1, 0.15) is 5.92 Å². The van der Waals surface area contributed by atoms with Crippen LogP contribution in [0.3, 0.4) is 0 Å². The fourth-order valence-corrected chi connectivity index (χ4v) is 2.88. The van der Waals surface area contributed by atoms with Gasteiger partial charge < -0.3 is 0 Å². The van der Waals surface area contributed by atoms with Crippen LogP contribution in [0, 0.1) is 32.1 Å². The van der Waals surface area contributed by atoms with Crippen molar-refractivity contribution >= 4 is 17.4 Å². The Bertz CT molecular complexity index is 720. The van der Waals surface area contributed by atoms with Crippen LogP contribution < -0.4 is 0 Å². The Morgan fingerprint density at radius 3 is 2.29 bits per heavy atom. The molecule has 1 atom stereocenters. The van der Waals surface area contributed by atoms with Gasteiger partial charge in [-0.25, -0.2) is 0 Å². The molecule has 2 nitrogen and oxygen atoms in total. The summed E-state index contributed by atoms with van der Waals surface area (Å²) < 4.78 is 0. The first-order valence-electron chi connectivity index (χ1n) is 6.71. The molecule has 0 aliphatic rings. The second-order valence-electron chi connectivity index (χ2n) is 5.26. The molecule has 0 radical (unpaired) electrons. The average Bonchev–Trinajstić information content (AvgIpc) is 2.38. The molecule has 0 aromatic heterocycles. The predicted molar refractivity (Wildman–Crippen MR) is 84.8 cm³/mol. The van der Waals surface area contributed by atoms with Crippen molar-refractivity contribution in [2.45, 2.75) is 26.7 Å². The Labute approximate surface area is 130 Å². The number of nitrogens with zero attached hydrogens (tertiary/aromatic N) is 1. The number of aryl methyl sites for hydroxylation is 3. The number of carbonyl (C=O) groups excluding carboxylic acids is 1. The molecule has 0 amide bonds. The lowest BCUT2D eigenvalue weighted by Gasteiger charge is -2.14. The number of halogens is 1. The van der Waals surface area contributed by atoms with Gasteiger partial charge >= 0.3 is 0 Å². The number of nitriles is 1. The second kappa shape index (κ2) is 6.11. The zero-order valence-electron chi connectivity index (χ0n) is 12.3. The SMILES string of the molecule is Cc1cc(C)c(C(=O)C(C#N)c2cccc(Cl)c2)c(C)c1. The van der Waals surface area contributed by atoms with Crippen molar-refractivity contribution in [1.82, 2.24) is 0 Å². The first-order valence-corrected chi connectivity index (χ1v) is 7.09. The van der Waals surface area contributed by atoms with E-state index in [1.54, 1.807) is 24.3 Å². The highest BCUT2D eigenvalue weighted by molar-refractivity contribution is 6.30. The zero-order chi connectivity index (χ0) is 15.6. The average molecular weight is 298 g/mol. The first kappa shape index (κ1) is 15.3. The monoisotopic (exact) mass is 297 g/mol. The molecule has 0 aliphatic heterocycles. The van der Waals surface area contributed by atoms with E-state index < -0.39 is 5.92 Å². The summed E-state index contributed by atoms with van der Waals surface area (Å²) in [5.74, 6) is -1.00. The topological polar surface area (TPSA) is 40.9 Å². The highest BCUT2D eigenvalue weighted by Gasteiger charge is 2.24. The molecule has 0 spiro atoms. The molecule has 0 saturated heterocycles. The Balaban J connectivity index is 2.50. The third-order valence-corrected chi connectivity index (χ3v) is 3.73. The van der Waals surface area contributed by atoms with Crippen LogP contribution in [0.1, 0.15) is 38.5 Å². The maximum Gasteiger partial charge on any atom is 0.184 e. The third-order valence-electron chi connectivity index (χ3n) is 3.50. The number of ketones is 1. The van der Waals surface area contributed by atoms with Crippen LogP contribution in [0.25, 0.3) is 0 Å². The molecule has 0 saturated carbocycles. The van der Waals surface area contributed by atoms with Gasteiger partial charge in [0, 0.05) is 10.6 Å². The van der Waals surface area contributed by atoms with E-state index in [4.69, 9.17) is 11.6 Å². The van der Waals surface area contributed by atoms with Crippen LogP contribution in [-0.4, -0.2) is 5.78 Å². The minimum Gasteiger partial charge on any atom is -0.292 e. The van der Waals surface area contributed by atoms with Gasteiger partial charge in [-0.2, -0.15) is 5.26 Å². The first-order chi connectivity index (χ1) is 9.93. The number of hydrogen-bond acceptors (Lipinski definition) is 2. The Morgan fingerprint density at radius 2 is 1.76 bits per heavy atom. The normalized spacial score (nSPS) is 11.8. The summed E-state index contributed by atoms with van der Waals surface area (Å²) in [6.07, 6.45) is 0. The van der Waals surface area contributed by atoms with Gasteiger partial charge in [0.15, 0.2) is 5.78 Å². The van der Waals surface area contributed by atoms with Crippen LogP contribution in [0.2, 0.25) is 5.02 Å². The van der Waals surface area contributed by atoms with Crippen LogP contribution in [0.15, 0.2) is 36.4 Å². The van der Waals surface area contributed by atoms with Crippen molar-refractivity contribution in [2.75, 3.05) is 0 Å². The minimum atomic E-state index is -0.830. The molecule has 0 bridgehead atoms. The maximum atomic E-state index is 12.8. The molecule has 0 aliphatic carbocycles. The number of Topliss-reactive ketones (excluding diaryl/α,β-unsaturated/α-hetero) is 1. The van der Waals surface area contributed by atoms with E-state index >= 15 is 0 Å². The molecule has 2 aromatic rings. The van der Waals surface area contributed by atoms with Gasteiger partial charge in [0.25, 0.3) is 0 Å². The van der Waals surface area contributed by atoms with E-state index in [0.29, 0.717) is 16.1 Å². The van der Waals surface area contributed by atoms with Crippen molar-refractivity contribution in [1.29, 1.82) is 5.26 Å². The van der Waals surface area contributed by atoms with Crippen molar-refractivity contribution in [3.05, 3.63) is 69.2 Å². The highest BCUT2D eigenvalue weighted by Crippen LogP contribution is 2.27. The van der Waals surface area contributed by atoms with Gasteiger partial charge in [-0.05, 0) is 49.6 Å². The molecule has 0 heterocycles. The fourth-order valence-electron chi connectivity index (χ4n) is 2.68. The minimum absolute atomic E-state index is 0.172. The lowest BCUT2D eigenvalue weighted by atomic mass is 9.87. The van der Waals surface area contributed by atoms with Crippen molar-refractivity contribution in [3.8, 4) is 6.07 Å². The van der Waals surface area contributed by atoms with Gasteiger partial charge in [0.2, 0.25) is 0 Å². The standard InChI is InChI=1S/C18H16ClNO/c1-11-7-12(2)17(13(3)8-11)18(21)16(10-20)14-5-4-6-15(19)9-14/h4-9,16H,1-3H3. The molecule has 106 valence electrons. The summed E-state index contributed by atoms with van der Waals surface area (Å²) in [5.41, 5.74) is 4.18. The molecular formula is C18H16ClNO. The maximum absolute atomic E-state index is 12.8. The van der Waals surface area contributed by atoms with Crippen LogP contribution in [0.4, 0.5) is 0 Å². The number of hydrogen-bond donors (Lipinski definition) is 0. The van der Waals surface area contributed by atoms with Crippen molar-refractivity contribution < 1.29 is 4.79 Å². The van der Waals surface area contributed by atoms with E-state index in [9.17, 15) is 10.1 Å². The van der Waals surface area contributed by atoms with E-state index in [1.807, 2.05) is 32.9 Å². The Hall–Kier alpha value is -2.11. The van der Waals surface area contributed by atoms with Crippen molar-refractivity contribution in [3.63, 3.8) is 0 Å². The quantitative estimate of drug-likeness (QED) is 0.767.